The van der Waals surface area contributed by atoms with E-state index in [0.29, 0.717) is 22.3 Å². The van der Waals surface area contributed by atoms with Gasteiger partial charge in [0.2, 0.25) is 15.9 Å². The molecular formula is C24H31Cl2N3O4S. The highest BCUT2D eigenvalue weighted by atomic mass is 35.5. The van der Waals surface area contributed by atoms with Crippen molar-refractivity contribution in [2.24, 2.45) is 0 Å². The number of likely N-dealkylation sites (tertiary alicyclic amines) is 1. The first-order valence-corrected chi connectivity index (χ1v) is 13.6. The number of carbonyl (C=O) groups excluding carboxylic acids is 1. The number of hydrogen-bond acceptors (Lipinski definition) is 5. The number of benzene rings is 2. The zero-order valence-electron chi connectivity index (χ0n) is 19.5. The molecule has 1 saturated heterocycles. The number of likely N-dealkylation sites (N-methyl/N-ethyl adjacent to an activating group) is 1. The maximum absolute atomic E-state index is 13.2. The van der Waals surface area contributed by atoms with Gasteiger partial charge in [-0.2, -0.15) is 0 Å². The summed E-state index contributed by atoms with van der Waals surface area (Å²) in [5, 5.41) is 0.861. The zero-order chi connectivity index (χ0) is 24.7. The van der Waals surface area contributed by atoms with Crippen LogP contribution in [0.25, 0.3) is 0 Å². The fourth-order valence-corrected chi connectivity index (χ4v) is 5.31. The average Bonchev–Trinajstić information content (AvgIpc) is 3.31. The Morgan fingerprint density at radius 3 is 2.56 bits per heavy atom. The summed E-state index contributed by atoms with van der Waals surface area (Å²) in [6.45, 7) is 2.74. The number of rotatable bonds is 11. The van der Waals surface area contributed by atoms with Crippen molar-refractivity contribution >= 4 is 44.8 Å². The smallest absolute Gasteiger partial charge is 0.234 e. The molecule has 0 radical (unpaired) electrons. The third kappa shape index (κ3) is 7.58. The molecule has 0 aliphatic carbocycles. The van der Waals surface area contributed by atoms with Gasteiger partial charge < -0.3 is 14.5 Å². The quantitative estimate of drug-likeness (QED) is 0.473. The molecule has 7 nitrogen and oxygen atoms in total. The number of hydrogen-bond donors (Lipinski definition) is 1. The predicted octanol–water partition coefficient (Wildman–Crippen LogP) is 4.22. The Labute approximate surface area is 212 Å². The van der Waals surface area contributed by atoms with Gasteiger partial charge in [-0.15, -0.1) is 0 Å². The minimum absolute atomic E-state index is 0.0614. The minimum Gasteiger partial charge on any atom is -0.384 e. The van der Waals surface area contributed by atoms with Crippen LogP contribution in [0, 0.1) is 0 Å². The molecule has 0 spiro atoms. The number of ether oxygens (including phenoxy) is 1. The normalized spacial score (nSPS) is 15.3. The van der Waals surface area contributed by atoms with Crippen molar-refractivity contribution < 1.29 is 17.9 Å². The van der Waals surface area contributed by atoms with Gasteiger partial charge >= 0.3 is 0 Å². The highest BCUT2D eigenvalue weighted by Gasteiger charge is 2.26. The summed E-state index contributed by atoms with van der Waals surface area (Å²) in [6, 6.07) is 12.2. The van der Waals surface area contributed by atoms with Crippen LogP contribution < -0.4 is 4.72 Å². The first kappa shape index (κ1) is 26.8. The summed E-state index contributed by atoms with van der Waals surface area (Å²) < 4.78 is 32.2. The molecule has 0 aromatic heterocycles. The van der Waals surface area contributed by atoms with Crippen molar-refractivity contribution in [1.29, 1.82) is 0 Å². The summed E-state index contributed by atoms with van der Waals surface area (Å²) in [5.74, 6) is -0.193. The van der Waals surface area contributed by atoms with E-state index in [-0.39, 0.29) is 30.7 Å². The molecule has 1 N–H and O–H groups in total. The number of methoxy groups -OCH3 is 1. The predicted molar refractivity (Wildman–Crippen MR) is 137 cm³/mol. The molecule has 1 atom stereocenters. The van der Waals surface area contributed by atoms with Crippen molar-refractivity contribution in [3.05, 3.63) is 63.6 Å². The lowest BCUT2D eigenvalue weighted by atomic mass is 10.0. The first-order valence-electron chi connectivity index (χ1n) is 11.2. The molecule has 3 rings (SSSR count). The number of amides is 1. The topological polar surface area (TPSA) is 79.0 Å². The van der Waals surface area contributed by atoms with E-state index in [1.54, 1.807) is 48.3 Å². The zero-order valence-corrected chi connectivity index (χ0v) is 21.8. The molecule has 10 heteroatoms. The van der Waals surface area contributed by atoms with Crippen molar-refractivity contribution in [2.75, 3.05) is 50.9 Å². The molecule has 0 saturated carbocycles. The van der Waals surface area contributed by atoms with Crippen LogP contribution in [-0.4, -0.2) is 70.3 Å². The molecule has 1 fully saturated rings. The van der Waals surface area contributed by atoms with Crippen molar-refractivity contribution in [3.8, 4) is 0 Å². The van der Waals surface area contributed by atoms with Crippen LogP contribution in [0.3, 0.4) is 0 Å². The van der Waals surface area contributed by atoms with Gasteiger partial charge in [0.15, 0.2) is 0 Å². The maximum Gasteiger partial charge on any atom is 0.234 e. The third-order valence-electron chi connectivity index (χ3n) is 5.93. The van der Waals surface area contributed by atoms with Crippen LogP contribution in [0.4, 0.5) is 5.69 Å². The van der Waals surface area contributed by atoms with Gasteiger partial charge in [0.1, 0.15) is 0 Å². The molecule has 34 heavy (non-hydrogen) atoms. The van der Waals surface area contributed by atoms with Crippen LogP contribution >= 0.6 is 23.2 Å². The molecule has 2 aromatic rings. The van der Waals surface area contributed by atoms with E-state index in [1.165, 1.54) is 7.11 Å². The number of anilines is 1. The number of nitrogens with one attached hydrogen (secondary N) is 1. The van der Waals surface area contributed by atoms with Gasteiger partial charge in [-0.3, -0.25) is 9.52 Å². The van der Waals surface area contributed by atoms with Crippen LogP contribution in [0.5, 0.6) is 0 Å². The minimum atomic E-state index is -3.54. The summed E-state index contributed by atoms with van der Waals surface area (Å²) in [5.41, 5.74) is 2.11. The van der Waals surface area contributed by atoms with Crippen LogP contribution in [0.15, 0.2) is 42.5 Å². The van der Waals surface area contributed by atoms with E-state index < -0.39 is 10.0 Å². The Morgan fingerprint density at radius 1 is 1.15 bits per heavy atom. The summed E-state index contributed by atoms with van der Waals surface area (Å²) in [4.78, 5) is 17.3. The summed E-state index contributed by atoms with van der Waals surface area (Å²) in [6.07, 6.45) is 2.45. The molecular weight excluding hydrogens is 497 g/mol. The highest BCUT2D eigenvalue weighted by Crippen LogP contribution is 2.27. The molecule has 0 bridgehead atoms. The van der Waals surface area contributed by atoms with E-state index >= 15 is 0 Å². The fourth-order valence-electron chi connectivity index (χ4n) is 4.02. The van der Waals surface area contributed by atoms with Crippen LogP contribution in [-0.2, 0) is 26.0 Å². The lowest BCUT2D eigenvalue weighted by molar-refractivity contribution is -0.131. The third-order valence-corrected chi connectivity index (χ3v) is 7.92. The van der Waals surface area contributed by atoms with Gasteiger partial charge in [0.25, 0.3) is 0 Å². The molecule has 1 heterocycles. The first-order chi connectivity index (χ1) is 16.2. The van der Waals surface area contributed by atoms with E-state index in [2.05, 4.69) is 9.62 Å². The molecule has 2 aromatic carbocycles. The Hall–Kier alpha value is -1.84. The van der Waals surface area contributed by atoms with Gasteiger partial charge in [0.05, 0.1) is 34.9 Å². The SMILES string of the molecule is COCCS(=O)(=O)Nc1cccc(C(CN2CCCC2)N(C)C(=O)Cc2ccc(Cl)c(Cl)c2)c1. The number of nitrogens with zero attached hydrogens (tertiary/aromatic N) is 2. The second-order valence-electron chi connectivity index (χ2n) is 8.49. The summed E-state index contributed by atoms with van der Waals surface area (Å²) in [7, 11) is -0.286. The fraction of sp³-hybridized carbons (Fsp3) is 0.458. The molecule has 1 aliphatic heterocycles. The number of halogens is 2. The van der Waals surface area contributed by atoms with Gasteiger partial charge in [-0.05, 0) is 61.3 Å². The van der Waals surface area contributed by atoms with Gasteiger partial charge in [-0.1, -0.05) is 41.4 Å². The van der Waals surface area contributed by atoms with Crippen molar-refractivity contribution in [1.82, 2.24) is 9.80 Å². The standard InChI is InChI=1S/C24H31Cl2N3O4S/c1-28(24(30)15-18-8-9-21(25)22(26)14-18)23(17-29-10-3-4-11-29)19-6-5-7-20(16-19)27-34(31,32)13-12-33-2/h5-9,14,16,23,27H,3-4,10-13,15,17H2,1-2H3. The molecule has 1 aliphatic rings. The Balaban J connectivity index is 1.82. The summed E-state index contributed by atoms with van der Waals surface area (Å²) >= 11 is 12.1. The Morgan fingerprint density at radius 2 is 1.88 bits per heavy atom. The molecule has 1 amide bonds. The molecule has 1 unspecified atom stereocenters. The van der Waals surface area contributed by atoms with E-state index in [9.17, 15) is 13.2 Å². The monoisotopic (exact) mass is 527 g/mol. The van der Waals surface area contributed by atoms with Crippen molar-refractivity contribution in [3.63, 3.8) is 0 Å². The molecule has 186 valence electrons. The van der Waals surface area contributed by atoms with E-state index in [1.807, 2.05) is 6.07 Å². The Kier molecular flexibility index (Phi) is 9.62. The van der Waals surface area contributed by atoms with Crippen LogP contribution in [0.1, 0.15) is 30.0 Å². The van der Waals surface area contributed by atoms with Gasteiger partial charge in [-0.25, -0.2) is 8.42 Å². The number of carbonyl (C=O) groups is 1. The van der Waals surface area contributed by atoms with Crippen molar-refractivity contribution in [2.45, 2.75) is 25.3 Å². The second kappa shape index (κ2) is 12.2. The lowest BCUT2D eigenvalue weighted by Gasteiger charge is -2.32. The number of sulfonamides is 1. The van der Waals surface area contributed by atoms with Gasteiger partial charge in [0, 0.05) is 26.4 Å². The highest BCUT2D eigenvalue weighted by molar-refractivity contribution is 7.92. The van der Waals surface area contributed by atoms with E-state index in [4.69, 9.17) is 27.9 Å². The average molecular weight is 529 g/mol. The second-order valence-corrected chi connectivity index (χ2v) is 11.1. The Bertz CT molecular complexity index is 1090. The maximum atomic E-state index is 13.2. The van der Waals surface area contributed by atoms with E-state index in [0.717, 1.165) is 37.1 Å². The van der Waals surface area contributed by atoms with Crippen LogP contribution in [0.2, 0.25) is 10.0 Å². The largest absolute Gasteiger partial charge is 0.384 e. The lowest BCUT2D eigenvalue weighted by Crippen LogP contribution is -2.39.